The summed E-state index contributed by atoms with van der Waals surface area (Å²) in [4.78, 5) is 28.9. The molecule has 4 rings (SSSR count). The van der Waals surface area contributed by atoms with Crippen molar-refractivity contribution < 1.29 is 18.9 Å². The number of carbonyl (C=O) groups excluding carboxylic acids is 2. The third kappa shape index (κ3) is 3.01. The summed E-state index contributed by atoms with van der Waals surface area (Å²) >= 11 is 3.50. The Morgan fingerprint density at radius 2 is 2.00 bits per heavy atom. The average molecular weight is 476 g/mol. The summed E-state index contributed by atoms with van der Waals surface area (Å²) in [5.41, 5.74) is 0.717. The van der Waals surface area contributed by atoms with Crippen molar-refractivity contribution in [1.82, 2.24) is 19.7 Å². The highest BCUT2D eigenvalue weighted by Gasteiger charge is 2.55. The van der Waals surface area contributed by atoms with Gasteiger partial charge in [-0.15, -0.1) is 5.10 Å². The Morgan fingerprint density at radius 1 is 1.27 bits per heavy atom. The summed E-state index contributed by atoms with van der Waals surface area (Å²) < 4.78 is 9.69. The Bertz CT molecular complexity index is 1080. The van der Waals surface area contributed by atoms with Crippen LogP contribution in [0.25, 0.3) is 11.4 Å². The number of aromatic nitrogens is 3. The van der Waals surface area contributed by atoms with Crippen molar-refractivity contribution in [3.63, 3.8) is 0 Å². The molecule has 30 heavy (non-hydrogen) atoms. The van der Waals surface area contributed by atoms with E-state index in [2.05, 4.69) is 40.0 Å². The molecule has 0 saturated carbocycles. The molecule has 0 spiro atoms. The number of halogens is 1. The van der Waals surface area contributed by atoms with Gasteiger partial charge in [0, 0.05) is 11.0 Å². The number of anilines is 1. The van der Waals surface area contributed by atoms with E-state index < -0.39 is 6.04 Å². The van der Waals surface area contributed by atoms with E-state index in [4.69, 9.17) is 4.74 Å². The Morgan fingerprint density at radius 3 is 2.67 bits per heavy atom. The molecule has 9 nitrogen and oxygen atoms in total. The van der Waals surface area contributed by atoms with E-state index in [-0.39, 0.29) is 11.9 Å². The number of hydrogen-bond donors (Lipinski definition) is 0. The molecule has 3 heterocycles. The SMILES string of the molecule is COc1ccc(Br)cc1-c1nnc2n1C1=[N+](C)C(=O)N(C)C(=O)C1N2CCC(C)C. The summed E-state index contributed by atoms with van der Waals surface area (Å²) in [6.07, 6.45) is 0.876. The zero-order valence-electron chi connectivity index (χ0n) is 17.6. The first-order valence-electron chi connectivity index (χ1n) is 9.74. The van der Waals surface area contributed by atoms with Gasteiger partial charge < -0.3 is 9.64 Å². The Labute approximate surface area is 183 Å². The topological polar surface area (TPSA) is 83.6 Å². The molecular weight excluding hydrogens is 452 g/mol. The van der Waals surface area contributed by atoms with Crippen molar-refractivity contribution >= 4 is 39.7 Å². The van der Waals surface area contributed by atoms with Gasteiger partial charge in [-0.05, 0) is 30.5 Å². The predicted octanol–water partition coefficient (Wildman–Crippen LogP) is 2.43. The van der Waals surface area contributed by atoms with Crippen molar-refractivity contribution in [2.24, 2.45) is 5.92 Å². The van der Waals surface area contributed by atoms with Crippen LogP contribution in [0.15, 0.2) is 22.7 Å². The van der Waals surface area contributed by atoms with E-state index in [0.29, 0.717) is 35.8 Å². The molecule has 158 valence electrons. The van der Waals surface area contributed by atoms with Crippen LogP contribution in [0.3, 0.4) is 0 Å². The normalized spacial score (nSPS) is 18.4. The first-order valence-corrected chi connectivity index (χ1v) is 10.5. The predicted molar refractivity (Wildman–Crippen MR) is 115 cm³/mol. The van der Waals surface area contributed by atoms with Crippen LogP contribution in [0.4, 0.5) is 10.7 Å². The molecule has 10 heteroatoms. The molecular formula is C20H24BrN6O3+. The summed E-state index contributed by atoms with van der Waals surface area (Å²) in [5, 5.41) is 8.84. The number of carbonyl (C=O) groups is 2. The van der Waals surface area contributed by atoms with E-state index in [1.807, 2.05) is 23.1 Å². The summed E-state index contributed by atoms with van der Waals surface area (Å²) in [5.74, 6) is 2.42. The lowest BCUT2D eigenvalue weighted by atomic mass is 10.1. The molecule has 1 atom stereocenters. The summed E-state index contributed by atoms with van der Waals surface area (Å²) in [6.45, 7) is 4.89. The molecule has 0 radical (unpaired) electrons. The van der Waals surface area contributed by atoms with E-state index >= 15 is 0 Å². The number of hydrogen-bond acceptors (Lipinski definition) is 6. The highest BCUT2D eigenvalue weighted by atomic mass is 79.9. The highest BCUT2D eigenvalue weighted by Crippen LogP contribution is 2.37. The van der Waals surface area contributed by atoms with Crippen molar-refractivity contribution in [2.45, 2.75) is 26.3 Å². The van der Waals surface area contributed by atoms with Gasteiger partial charge in [-0.25, -0.2) is 9.37 Å². The fraction of sp³-hybridized carbons (Fsp3) is 0.450. The molecule has 0 N–H and O–H groups in total. The van der Waals surface area contributed by atoms with E-state index in [0.717, 1.165) is 21.4 Å². The van der Waals surface area contributed by atoms with Gasteiger partial charge in [-0.3, -0.25) is 4.79 Å². The van der Waals surface area contributed by atoms with Crippen LogP contribution in [-0.4, -0.2) is 75.8 Å². The van der Waals surface area contributed by atoms with Gasteiger partial charge in [0.05, 0.1) is 26.8 Å². The van der Waals surface area contributed by atoms with Gasteiger partial charge in [0.15, 0.2) is 0 Å². The van der Waals surface area contributed by atoms with Crippen LogP contribution in [0.2, 0.25) is 0 Å². The van der Waals surface area contributed by atoms with Crippen LogP contribution in [0.1, 0.15) is 20.3 Å². The summed E-state index contributed by atoms with van der Waals surface area (Å²) in [7, 11) is 4.77. The largest absolute Gasteiger partial charge is 0.496 e. The number of nitrogens with zero attached hydrogens (tertiary/aromatic N) is 6. The molecule has 0 fully saturated rings. The maximum atomic E-state index is 13.1. The number of urea groups is 1. The number of ether oxygens (including phenoxy) is 1. The second kappa shape index (κ2) is 7.50. The Hall–Kier alpha value is -2.75. The first kappa shape index (κ1) is 20.5. The van der Waals surface area contributed by atoms with E-state index in [9.17, 15) is 9.59 Å². The lowest BCUT2D eigenvalue weighted by Gasteiger charge is -2.27. The van der Waals surface area contributed by atoms with Gasteiger partial charge in [0.1, 0.15) is 5.75 Å². The minimum Gasteiger partial charge on any atom is -0.496 e. The lowest BCUT2D eigenvalue weighted by molar-refractivity contribution is -0.407. The van der Waals surface area contributed by atoms with Gasteiger partial charge >= 0.3 is 11.9 Å². The number of amides is 3. The highest BCUT2D eigenvalue weighted by molar-refractivity contribution is 9.10. The van der Waals surface area contributed by atoms with Crippen LogP contribution in [0, 0.1) is 5.92 Å². The van der Waals surface area contributed by atoms with Crippen molar-refractivity contribution in [3.05, 3.63) is 22.7 Å². The third-order valence-electron chi connectivity index (χ3n) is 5.52. The monoisotopic (exact) mass is 475 g/mol. The molecule has 2 aromatic rings. The Kier molecular flexibility index (Phi) is 5.13. The first-order chi connectivity index (χ1) is 14.3. The maximum Gasteiger partial charge on any atom is 0.445 e. The van der Waals surface area contributed by atoms with E-state index in [1.54, 1.807) is 18.7 Å². The number of rotatable bonds is 5. The van der Waals surface area contributed by atoms with Crippen LogP contribution in [-0.2, 0) is 4.79 Å². The number of likely N-dealkylation sites (N-methyl/N-ethyl adjacent to an activating group) is 1. The molecule has 1 aromatic carbocycles. The number of fused-ring (bicyclic) bond motifs is 3. The van der Waals surface area contributed by atoms with Crippen LogP contribution < -0.4 is 9.64 Å². The minimum absolute atomic E-state index is 0.269. The molecule has 2 aliphatic rings. The Balaban J connectivity index is 1.95. The van der Waals surface area contributed by atoms with Gasteiger partial charge in [-0.2, -0.15) is 9.47 Å². The van der Waals surface area contributed by atoms with Gasteiger partial charge in [0.2, 0.25) is 17.7 Å². The fourth-order valence-electron chi connectivity index (χ4n) is 3.88. The quantitative estimate of drug-likeness (QED) is 0.617. The lowest BCUT2D eigenvalue weighted by Crippen LogP contribution is -2.59. The molecule has 0 saturated heterocycles. The van der Waals surface area contributed by atoms with Crippen LogP contribution >= 0.6 is 15.9 Å². The fourth-order valence-corrected chi connectivity index (χ4v) is 4.24. The molecule has 0 bridgehead atoms. The third-order valence-corrected chi connectivity index (χ3v) is 6.01. The molecule has 1 unspecified atom stereocenters. The molecule has 2 aliphatic heterocycles. The van der Waals surface area contributed by atoms with Gasteiger partial charge in [-0.1, -0.05) is 34.9 Å². The van der Waals surface area contributed by atoms with Crippen molar-refractivity contribution in [3.8, 4) is 17.1 Å². The second-order valence-electron chi connectivity index (χ2n) is 7.88. The van der Waals surface area contributed by atoms with Crippen molar-refractivity contribution in [1.29, 1.82) is 0 Å². The molecule has 0 aliphatic carbocycles. The van der Waals surface area contributed by atoms with Gasteiger partial charge in [0.25, 0.3) is 5.95 Å². The van der Waals surface area contributed by atoms with E-state index in [1.165, 1.54) is 11.6 Å². The second-order valence-corrected chi connectivity index (χ2v) is 8.79. The molecule has 1 aromatic heterocycles. The smallest absolute Gasteiger partial charge is 0.445 e. The average Bonchev–Trinajstić information content (AvgIpc) is 3.27. The number of imide groups is 1. The number of methoxy groups -OCH3 is 1. The zero-order chi connectivity index (χ0) is 21.7. The summed E-state index contributed by atoms with van der Waals surface area (Å²) in [6, 6.07) is 4.59. The number of benzene rings is 1. The molecule has 3 amide bonds. The van der Waals surface area contributed by atoms with Crippen LogP contribution in [0.5, 0.6) is 5.75 Å². The maximum absolute atomic E-state index is 13.1. The minimum atomic E-state index is -0.626. The zero-order valence-corrected chi connectivity index (χ0v) is 19.2. The standard InChI is InChI=1S/C20H24BrN6O3/c1-11(2)8-9-26-15-17(24(3)20(29)25(4)18(15)28)27-16(22-23-19(26)27)13-10-12(21)6-7-14(13)30-5/h6-7,10-11,15H,8-9H2,1-5H3/q+1. The van der Waals surface area contributed by atoms with Crippen molar-refractivity contribution in [2.75, 3.05) is 32.6 Å².